The molecule has 1 unspecified atom stereocenters. The van der Waals surface area contributed by atoms with Gasteiger partial charge in [-0.05, 0) is 97.3 Å². The summed E-state index contributed by atoms with van der Waals surface area (Å²) >= 11 is 0. The first-order valence-corrected chi connectivity index (χ1v) is 30.3. The quantitative estimate of drug-likeness (QED) is 0.0676. The molecule has 0 aromatic heterocycles. The molecule has 0 spiro atoms. The smallest absolute Gasteiger partial charge is 0.407 e. The van der Waals surface area contributed by atoms with Crippen molar-refractivity contribution in [3.63, 3.8) is 0 Å². The normalized spacial score (nSPS) is 14.0. The molecule has 0 bridgehead atoms. The SMILES string of the molecule is CCCC[Si](C)(C)O[Si](C)(C)O[Si](C)(C)O[Si](C)(C)O[Si](C)(C)CCCOCC(COC(=O)CCC)OC(=O)NCC. The number of ether oxygens (including phenoxy) is 3. The van der Waals surface area contributed by atoms with Crippen LogP contribution in [0.4, 0.5) is 4.79 Å². The first-order valence-electron chi connectivity index (χ1n) is 15.7. The van der Waals surface area contributed by atoms with Crippen molar-refractivity contribution in [3.8, 4) is 0 Å². The van der Waals surface area contributed by atoms with Crippen molar-refractivity contribution >= 4 is 54.4 Å². The summed E-state index contributed by atoms with van der Waals surface area (Å²) in [5, 5.41) is 2.59. The maximum Gasteiger partial charge on any atom is 0.407 e. The molecule has 0 heterocycles. The third-order valence-electron chi connectivity index (χ3n) is 6.01. The monoisotopic (exact) mass is 685 g/mol. The Morgan fingerprint density at radius 2 is 1.17 bits per heavy atom. The van der Waals surface area contributed by atoms with E-state index in [0.717, 1.165) is 18.5 Å². The van der Waals surface area contributed by atoms with E-state index in [4.69, 9.17) is 30.7 Å². The molecular weight excluding hydrogens is 623 g/mol. The molecule has 1 N–H and O–H groups in total. The Morgan fingerprint density at radius 1 is 0.667 bits per heavy atom. The predicted molar refractivity (Wildman–Crippen MR) is 182 cm³/mol. The second-order valence-electron chi connectivity index (χ2n) is 13.4. The van der Waals surface area contributed by atoms with E-state index >= 15 is 0 Å². The average molecular weight is 686 g/mol. The zero-order chi connectivity index (χ0) is 32.7. The van der Waals surface area contributed by atoms with Gasteiger partial charge in [0, 0.05) is 19.6 Å². The topological polar surface area (TPSA) is 111 Å². The average Bonchev–Trinajstić information content (AvgIpc) is 2.77. The van der Waals surface area contributed by atoms with Crippen LogP contribution in [0, 0.1) is 0 Å². The van der Waals surface area contributed by atoms with Crippen molar-refractivity contribution in [1.29, 1.82) is 0 Å². The van der Waals surface area contributed by atoms with E-state index in [1.54, 1.807) is 0 Å². The van der Waals surface area contributed by atoms with Crippen LogP contribution in [0.1, 0.15) is 52.9 Å². The Hall–Kier alpha value is -0.376. The van der Waals surface area contributed by atoms with Gasteiger partial charge in [-0.3, -0.25) is 4.79 Å². The van der Waals surface area contributed by atoms with Gasteiger partial charge in [0.25, 0.3) is 0 Å². The molecule has 0 aromatic carbocycles. The highest BCUT2D eigenvalue weighted by atomic mass is 28.5. The molecule has 0 saturated heterocycles. The standard InChI is InChI=1S/C27H63NO9Si5/c1-14-17-21-38(4,5)34-40(8,9)36-42(12,13)37-41(10,11)35-39(6,7)22-18-20-31-23-25(33-27(30)28-16-3)24-32-26(29)19-15-2/h25H,14-24H2,1-13H3,(H,28,30). The summed E-state index contributed by atoms with van der Waals surface area (Å²) in [6, 6.07) is 2.04. The van der Waals surface area contributed by atoms with E-state index in [0.29, 0.717) is 26.0 Å². The van der Waals surface area contributed by atoms with Crippen LogP contribution in [-0.2, 0) is 35.5 Å². The van der Waals surface area contributed by atoms with E-state index in [1.165, 1.54) is 12.8 Å². The van der Waals surface area contributed by atoms with Gasteiger partial charge in [0.1, 0.15) is 6.61 Å². The molecule has 0 aliphatic carbocycles. The minimum Gasteiger partial charge on any atom is -0.462 e. The van der Waals surface area contributed by atoms with Gasteiger partial charge in [-0.15, -0.1) is 0 Å². The third-order valence-corrected chi connectivity index (χ3v) is 25.3. The van der Waals surface area contributed by atoms with Crippen LogP contribution in [0.5, 0.6) is 0 Å². The van der Waals surface area contributed by atoms with Crippen LogP contribution >= 0.6 is 0 Å². The maximum absolute atomic E-state index is 11.9. The highest BCUT2D eigenvalue weighted by Gasteiger charge is 2.45. The van der Waals surface area contributed by atoms with Gasteiger partial charge in [-0.1, -0.05) is 26.7 Å². The fourth-order valence-corrected chi connectivity index (χ4v) is 29.8. The molecule has 1 amide bonds. The van der Waals surface area contributed by atoms with Crippen molar-refractivity contribution in [2.45, 2.75) is 137 Å². The summed E-state index contributed by atoms with van der Waals surface area (Å²) in [6.07, 6.45) is 2.98. The summed E-state index contributed by atoms with van der Waals surface area (Å²) in [6.45, 7) is 28.7. The molecule has 42 heavy (non-hydrogen) atoms. The van der Waals surface area contributed by atoms with Crippen molar-refractivity contribution in [1.82, 2.24) is 5.32 Å². The Labute approximate surface area is 262 Å². The molecule has 0 radical (unpaired) electrons. The van der Waals surface area contributed by atoms with Crippen molar-refractivity contribution in [2.24, 2.45) is 0 Å². The highest BCUT2D eigenvalue weighted by molar-refractivity contribution is 6.90. The Bertz CT molecular complexity index is 798. The molecule has 0 aliphatic rings. The number of hydrogen-bond donors (Lipinski definition) is 1. The fraction of sp³-hybridized carbons (Fsp3) is 0.926. The van der Waals surface area contributed by atoms with Crippen molar-refractivity contribution < 1.29 is 40.3 Å². The van der Waals surface area contributed by atoms with Gasteiger partial charge < -0.3 is 36.0 Å². The molecule has 0 rings (SSSR count). The second kappa shape index (κ2) is 19.2. The van der Waals surface area contributed by atoms with Crippen LogP contribution in [0.15, 0.2) is 0 Å². The molecule has 0 saturated carbocycles. The summed E-state index contributed by atoms with van der Waals surface area (Å²) in [5.74, 6) is -0.311. The van der Waals surface area contributed by atoms with Crippen LogP contribution in [0.25, 0.3) is 0 Å². The zero-order valence-corrected chi connectivity index (χ0v) is 34.0. The van der Waals surface area contributed by atoms with Gasteiger partial charge in [-0.25, -0.2) is 4.79 Å². The second-order valence-corrected chi connectivity index (χ2v) is 33.1. The molecule has 10 nitrogen and oxygen atoms in total. The molecule has 0 aromatic rings. The minimum absolute atomic E-state index is 0.0265. The van der Waals surface area contributed by atoms with Crippen molar-refractivity contribution in [2.75, 3.05) is 26.4 Å². The number of nitrogens with one attached hydrogen (secondary N) is 1. The van der Waals surface area contributed by atoms with Gasteiger partial charge in [0.05, 0.1) is 6.61 Å². The van der Waals surface area contributed by atoms with E-state index in [1.807, 2.05) is 13.8 Å². The molecular formula is C27H63NO9Si5. The first-order chi connectivity index (χ1) is 19.2. The highest BCUT2D eigenvalue weighted by Crippen LogP contribution is 2.28. The fourth-order valence-electron chi connectivity index (χ4n) is 5.01. The lowest BCUT2D eigenvalue weighted by atomic mass is 10.3. The largest absolute Gasteiger partial charge is 0.462 e. The van der Waals surface area contributed by atoms with Crippen LogP contribution in [-0.4, -0.2) is 86.8 Å². The van der Waals surface area contributed by atoms with E-state index in [9.17, 15) is 9.59 Å². The summed E-state index contributed by atoms with van der Waals surface area (Å²) in [4.78, 5) is 23.7. The summed E-state index contributed by atoms with van der Waals surface area (Å²) < 4.78 is 43.2. The lowest BCUT2D eigenvalue weighted by molar-refractivity contribution is -0.147. The van der Waals surface area contributed by atoms with E-state index in [-0.39, 0.29) is 19.2 Å². The Balaban J connectivity index is 4.86. The Morgan fingerprint density at radius 3 is 1.64 bits per heavy atom. The lowest BCUT2D eigenvalue weighted by Gasteiger charge is -2.42. The van der Waals surface area contributed by atoms with E-state index < -0.39 is 54.5 Å². The number of hydrogen-bond acceptors (Lipinski definition) is 9. The maximum atomic E-state index is 11.9. The molecule has 0 fully saturated rings. The molecule has 15 heteroatoms. The van der Waals surface area contributed by atoms with Gasteiger partial charge >= 0.3 is 37.7 Å². The number of carbonyl (C=O) groups excluding carboxylic acids is 2. The number of amides is 1. The van der Waals surface area contributed by atoms with Crippen LogP contribution in [0.3, 0.4) is 0 Å². The van der Waals surface area contributed by atoms with Gasteiger partial charge in [0.2, 0.25) is 0 Å². The van der Waals surface area contributed by atoms with Crippen LogP contribution in [0.2, 0.25) is 77.6 Å². The lowest BCUT2D eigenvalue weighted by Crippen LogP contribution is -2.58. The first kappa shape index (κ1) is 41.6. The number of carbonyl (C=O) groups is 2. The number of unbranched alkanes of at least 4 members (excludes halogenated alkanes) is 1. The number of alkyl carbamates (subject to hydrolysis) is 1. The number of rotatable bonds is 23. The minimum atomic E-state index is -2.49. The molecule has 1 atom stereocenters. The molecule has 250 valence electrons. The summed E-state index contributed by atoms with van der Waals surface area (Å²) in [5.41, 5.74) is 0. The van der Waals surface area contributed by atoms with Gasteiger partial charge in [0.15, 0.2) is 22.7 Å². The molecule has 0 aliphatic heterocycles. The number of esters is 1. The summed E-state index contributed by atoms with van der Waals surface area (Å²) in [7, 11) is -11.2. The zero-order valence-electron chi connectivity index (χ0n) is 29.0. The van der Waals surface area contributed by atoms with Crippen molar-refractivity contribution in [3.05, 3.63) is 0 Å². The van der Waals surface area contributed by atoms with Crippen LogP contribution < -0.4 is 5.32 Å². The van der Waals surface area contributed by atoms with Gasteiger partial charge in [-0.2, -0.15) is 0 Å². The van der Waals surface area contributed by atoms with E-state index in [2.05, 4.69) is 77.7 Å². The Kier molecular flexibility index (Phi) is 19.0. The third kappa shape index (κ3) is 21.3. The predicted octanol–water partition coefficient (Wildman–Crippen LogP) is 7.23.